The van der Waals surface area contributed by atoms with Gasteiger partial charge in [0.2, 0.25) is 0 Å². The quantitative estimate of drug-likeness (QED) is 0.595. The van der Waals surface area contributed by atoms with Gasteiger partial charge in [0.15, 0.2) is 11.5 Å². The SMILES string of the molecule is COc1ccc(Br)c(CC(=O)Oc2ccc(C)cc2OC)c1. The van der Waals surface area contributed by atoms with E-state index in [1.54, 1.807) is 26.4 Å². The van der Waals surface area contributed by atoms with Crippen LogP contribution in [0.2, 0.25) is 0 Å². The molecule has 0 saturated carbocycles. The van der Waals surface area contributed by atoms with Gasteiger partial charge in [0.05, 0.1) is 20.6 Å². The number of halogens is 1. The summed E-state index contributed by atoms with van der Waals surface area (Å²) in [7, 11) is 3.13. The molecule has 0 saturated heterocycles. The van der Waals surface area contributed by atoms with Crippen LogP contribution in [0.4, 0.5) is 0 Å². The first kappa shape index (κ1) is 16.4. The van der Waals surface area contributed by atoms with Gasteiger partial charge in [0.25, 0.3) is 0 Å². The van der Waals surface area contributed by atoms with Crippen LogP contribution in [-0.4, -0.2) is 20.2 Å². The number of rotatable bonds is 5. The minimum Gasteiger partial charge on any atom is -0.497 e. The van der Waals surface area contributed by atoms with E-state index in [1.807, 2.05) is 31.2 Å². The summed E-state index contributed by atoms with van der Waals surface area (Å²) in [5, 5.41) is 0. The Balaban J connectivity index is 2.14. The molecule has 0 amide bonds. The highest BCUT2D eigenvalue weighted by atomic mass is 79.9. The lowest BCUT2D eigenvalue weighted by atomic mass is 10.1. The number of carbonyl (C=O) groups is 1. The summed E-state index contributed by atoms with van der Waals surface area (Å²) in [5.41, 5.74) is 1.84. The summed E-state index contributed by atoms with van der Waals surface area (Å²) in [6, 6.07) is 10.9. The van der Waals surface area contributed by atoms with Gasteiger partial charge in [-0.2, -0.15) is 0 Å². The lowest BCUT2D eigenvalue weighted by Gasteiger charge is -2.11. The number of aryl methyl sites for hydroxylation is 1. The summed E-state index contributed by atoms with van der Waals surface area (Å²) < 4.78 is 16.6. The molecule has 0 atom stereocenters. The average molecular weight is 365 g/mol. The number of methoxy groups -OCH3 is 2. The van der Waals surface area contributed by atoms with Gasteiger partial charge in [0.1, 0.15) is 5.75 Å². The third kappa shape index (κ3) is 4.01. The van der Waals surface area contributed by atoms with Crippen molar-refractivity contribution in [2.45, 2.75) is 13.3 Å². The van der Waals surface area contributed by atoms with E-state index in [1.165, 1.54) is 0 Å². The van der Waals surface area contributed by atoms with Gasteiger partial charge >= 0.3 is 5.97 Å². The number of esters is 1. The first-order valence-corrected chi connectivity index (χ1v) is 7.50. The Morgan fingerprint density at radius 1 is 1.05 bits per heavy atom. The molecule has 0 aliphatic carbocycles. The van der Waals surface area contributed by atoms with E-state index >= 15 is 0 Å². The topological polar surface area (TPSA) is 44.8 Å². The number of ether oxygens (including phenoxy) is 3. The van der Waals surface area contributed by atoms with Crippen molar-refractivity contribution < 1.29 is 19.0 Å². The normalized spacial score (nSPS) is 10.2. The summed E-state index contributed by atoms with van der Waals surface area (Å²) in [5.74, 6) is 1.28. The highest BCUT2D eigenvalue weighted by molar-refractivity contribution is 9.10. The Kier molecular flexibility index (Phi) is 5.44. The lowest BCUT2D eigenvalue weighted by Crippen LogP contribution is -2.12. The zero-order chi connectivity index (χ0) is 16.1. The maximum atomic E-state index is 12.1. The third-order valence-corrected chi connectivity index (χ3v) is 3.90. The van der Waals surface area contributed by atoms with E-state index in [4.69, 9.17) is 14.2 Å². The molecule has 22 heavy (non-hydrogen) atoms. The molecule has 4 nitrogen and oxygen atoms in total. The van der Waals surface area contributed by atoms with E-state index in [9.17, 15) is 4.79 Å². The first-order valence-electron chi connectivity index (χ1n) is 6.71. The zero-order valence-corrected chi connectivity index (χ0v) is 14.3. The predicted molar refractivity (Wildman–Crippen MR) is 87.8 cm³/mol. The van der Waals surface area contributed by atoms with Crippen LogP contribution in [-0.2, 0) is 11.2 Å². The Bertz CT molecular complexity index is 682. The van der Waals surface area contributed by atoms with Gasteiger partial charge in [-0.3, -0.25) is 4.79 Å². The number of hydrogen-bond donors (Lipinski definition) is 0. The Labute approximate surface area is 138 Å². The van der Waals surface area contributed by atoms with Crippen LogP contribution in [0.3, 0.4) is 0 Å². The summed E-state index contributed by atoms with van der Waals surface area (Å²) in [6.45, 7) is 1.95. The van der Waals surface area contributed by atoms with Crippen molar-refractivity contribution in [1.82, 2.24) is 0 Å². The van der Waals surface area contributed by atoms with Crippen LogP contribution in [0.1, 0.15) is 11.1 Å². The maximum Gasteiger partial charge on any atom is 0.315 e. The molecule has 2 aromatic rings. The van der Waals surface area contributed by atoms with E-state index in [0.29, 0.717) is 17.2 Å². The standard InChI is InChI=1S/C17H17BrO4/c1-11-4-7-15(16(8-11)21-3)22-17(19)10-12-9-13(20-2)5-6-14(12)18/h4-9H,10H2,1-3H3. The van der Waals surface area contributed by atoms with Gasteiger partial charge in [-0.05, 0) is 48.4 Å². The molecule has 2 rings (SSSR count). The number of hydrogen-bond acceptors (Lipinski definition) is 4. The fourth-order valence-electron chi connectivity index (χ4n) is 1.99. The van der Waals surface area contributed by atoms with Gasteiger partial charge in [-0.25, -0.2) is 0 Å². The molecule has 116 valence electrons. The van der Waals surface area contributed by atoms with Crippen molar-refractivity contribution in [3.05, 3.63) is 52.0 Å². The van der Waals surface area contributed by atoms with Crippen molar-refractivity contribution in [1.29, 1.82) is 0 Å². The molecule has 0 radical (unpaired) electrons. The van der Waals surface area contributed by atoms with Crippen LogP contribution in [0.25, 0.3) is 0 Å². The Morgan fingerprint density at radius 2 is 1.82 bits per heavy atom. The van der Waals surface area contributed by atoms with E-state index in [-0.39, 0.29) is 12.4 Å². The second kappa shape index (κ2) is 7.31. The van der Waals surface area contributed by atoms with Crippen molar-refractivity contribution in [2.24, 2.45) is 0 Å². The predicted octanol–water partition coefficient (Wildman–Crippen LogP) is 3.92. The van der Waals surface area contributed by atoms with Gasteiger partial charge in [-0.15, -0.1) is 0 Å². The first-order chi connectivity index (χ1) is 10.5. The Morgan fingerprint density at radius 3 is 2.50 bits per heavy atom. The average Bonchev–Trinajstić information content (AvgIpc) is 2.51. The monoisotopic (exact) mass is 364 g/mol. The number of benzene rings is 2. The fraction of sp³-hybridized carbons (Fsp3) is 0.235. The third-order valence-electron chi connectivity index (χ3n) is 3.13. The highest BCUT2D eigenvalue weighted by Gasteiger charge is 2.13. The molecular weight excluding hydrogens is 348 g/mol. The largest absolute Gasteiger partial charge is 0.497 e. The molecule has 0 aliphatic heterocycles. The molecule has 0 spiro atoms. The highest BCUT2D eigenvalue weighted by Crippen LogP contribution is 2.29. The van der Waals surface area contributed by atoms with Gasteiger partial charge in [-0.1, -0.05) is 22.0 Å². The van der Waals surface area contributed by atoms with Crippen molar-refractivity contribution >= 4 is 21.9 Å². The van der Waals surface area contributed by atoms with Crippen LogP contribution in [0.5, 0.6) is 17.2 Å². The van der Waals surface area contributed by atoms with Gasteiger partial charge in [0, 0.05) is 4.47 Å². The van der Waals surface area contributed by atoms with E-state index in [0.717, 1.165) is 15.6 Å². The smallest absolute Gasteiger partial charge is 0.315 e. The van der Waals surface area contributed by atoms with E-state index in [2.05, 4.69) is 15.9 Å². The summed E-state index contributed by atoms with van der Waals surface area (Å²) in [4.78, 5) is 12.1. The Hall–Kier alpha value is -2.01. The molecular formula is C17H17BrO4. The van der Waals surface area contributed by atoms with Crippen LogP contribution in [0.15, 0.2) is 40.9 Å². The maximum absolute atomic E-state index is 12.1. The minimum absolute atomic E-state index is 0.134. The molecule has 5 heteroatoms. The number of carbonyl (C=O) groups excluding carboxylic acids is 1. The molecule has 0 aromatic heterocycles. The summed E-state index contributed by atoms with van der Waals surface area (Å²) in [6.07, 6.45) is 0.134. The molecule has 0 unspecified atom stereocenters. The lowest BCUT2D eigenvalue weighted by molar-refractivity contribution is -0.133. The second-order valence-corrected chi connectivity index (χ2v) is 5.62. The van der Waals surface area contributed by atoms with Crippen molar-refractivity contribution in [3.8, 4) is 17.2 Å². The van der Waals surface area contributed by atoms with Crippen LogP contribution >= 0.6 is 15.9 Å². The van der Waals surface area contributed by atoms with Crippen molar-refractivity contribution in [2.75, 3.05) is 14.2 Å². The molecule has 0 heterocycles. The van der Waals surface area contributed by atoms with Crippen LogP contribution < -0.4 is 14.2 Å². The molecule has 0 aliphatic rings. The molecule has 0 fully saturated rings. The van der Waals surface area contributed by atoms with Crippen molar-refractivity contribution in [3.63, 3.8) is 0 Å². The minimum atomic E-state index is -0.365. The van der Waals surface area contributed by atoms with Crippen LogP contribution in [0, 0.1) is 6.92 Å². The molecule has 0 N–H and O–H groups in total. The van der Waals surface area contributed by atoms with E-state index < -0.39 is 0 Å². The van der Waals surface area contributed by atoms with Gasteiger partial charge < -0.3 is 14.2 Å². The summed E-state index contributed by atoms with van der Waals surface area (Å²) >= 11 is 3.42. The molecule has 2 aromatic carbocycles. The fourth-order valence-corrected chi connectivity index (χ4v) is 2.37. The zero-order valence-electron chi connectivity index (χ0n) is 12.7. The molecule has 0 bridgehead atoms. The second-order valence-electron chi connectivity index (χ2n) is 4.76.